The van der Waals surface area contributed by atoms with Crippen molar-refractivity contribution < 1.29 is 57.4 Å². The maximum Gasteiger partial charge on any atom is 0.408 e. The van der Waals surface area contributed by atoms with Gasteiger partial charge in [-0.05, 0) is 47.2 Å². The summed E-state index contributed by atoms with van der Waals surface area (Å²) in [6.07, 6.45) is -8.34. The van der Waals surface area contributed by atoms with Crippen LogP contribution in [0.3, 0.4) is 0 Å². The Labute approximate surface area is 415 Å². The summed E-state index contributed by atoms with van der Waals surface area (Å²) in [5.41, 5.74) is 5.05. The number of carbonyl (C=O) groups is 3. The second kappa shape index (κ2) is 27.6. The van der Waals surface area contributed by atoms with E-state index in [1.54, 1.807) is 43.3 Å². The van der Waals surface area contributed by atoms with Crippen molar-refractivity contribution in [3.8, 4) is 0 Å². The number of rotatable bonds is 25. The Hall–Kier alpha value is -6.75. The molecule has 0 spiro atoms. The fraction of sp³-hybridized carbons (Fsp3) is 0.316. The van der Waals surface area contributed by atoms with Gasteiger partial charge in [-0.2, -0.15) is 0 Å². The Balaban J connectivity index is 1.20. The minimum Gasteiger partial charge on any atom is -0.459 e. The van der Waals surface area contributed by atoms with Crippen LogP contribution in [0, 0.1) is 0 Å². The van der Waals surface area contributed by atoms with E-state index in [-0.39, 0.29) is 46.2 Å². The molecule has 14 nitrogen and oxygen atoms in total. The molecule has 9 atom stereocenters. The van der Waals surface area contributed by atoms with Gasteiger partial charge in [0.25, 0.3) is 0 Å². The molecule has 0 saturated carbocycles. The van der Waals surface area contributed by atoms with Crippen LogP contribution in [-0.2, 0) is 87.1 Å². The SMILES string of the molecule is C[C@@H](O)[C@H](NC(=O)[C@@H](NC(=O)OCc1ccccc1)[C@@H](C)O[C@H]1O[C@H](COCc2ccccc2)[C@H](OCc2ccccc2)[C@H](OCc2ccccc2)[C@H]1OCc1ccccc1)C(=O)OCc1ccccc1. The first-order valence-electron chi connectivity index (χ1n) is 23.8. The number of hydrogen-bond acceptors (Lipinski definition) is 12. The number of benzene rings is 6. The molecule has 1 heterocycles. The van der Waals surface area contributed by atoms with E-state index in [2.05, 4.69) is 10.6 Å². The number of ether oxygens (including phenoxy) is 8. The van der Waals surface area contributed by atoms with Crippen molar-refractivity contribution >= 4 is 18.0 Å². The summed E-state index contributed by atoms with van der Waals surface area (Å²) in [4.78, 5) is 41.7. The maximum absolute atomic E-state index is 14.5. The van der Waals surface area contributed by atoms with Gasteiger partial charge in [0.1, 0.15) is 43.7 Å². The summed E-state index contributed by atoms with van der Waals surface area (Å²) >= 11 is 0. The number of amides is 2. The van der Waals surface area contributed by atoms with Crippen molar-refractivity contribution in [1.29, 1.82) is 0 Å². The van der Waals surface area contributed by atoms with Gasteiger partial charge in [0.15, 0.2) is 12.3 Å². The van der Waals surface area contributed by atoms with E-state index in [0.717, 1.165) is 22.3 Å². The Bertz CT molecular complexity index is 2470. The predicted octanol–water partition coefficient (Wildman–Crippen LogP) is 7.99. The topological polar surface area (TPSA) is 169 Å². The highest BCUT2D eigenvalue weighted by atomic mass is 16.7. The Morgan fingerprint density at radius 2 is 0.887 bits per heavy atom. The van der Waals surface area contributed by atoms with Crippen LogP contribution in [0.4, 0.5) is 4.79 Å². The lowest BCUT2D eigenvalue weighted by atomic mass is 9.97. The van der Waals surface area contributed by atoms with E-state index in [9.17, 15) is 19.5 Å². The average molecular weight is 967 g/mol. The minimum atomic E-state index is -1.54. The van der Waals surface area contributed by atoms with E-state index in [1.807, 2.05) is 146 Å². The highest BCUT2D eigenvalue weighted by molar-refractivity contribution is 5.90. The molecule has 6 aromatic rings. The highest BCUT2D eigenvalue weighted by Crippen LogP contribution is 2.33. The number of nitrogens with one attached hydrogen (secondary N) is 2. The van der Waals surface area contributed by atoms with Crippen molar-refractivity contribution in [1.82, 2.24) is 10.6 Å². The van der Waals surface area contributed by atoms with Crippen LogP contribution in [0.15, 0.2) is 182 Å². The predicted molar refractivity (Wildman–Crippen MR) is 264 cm³/mol. The maximum atomic E-state index is 14.5. The van der Waals surface area contributed by atoms with Gasteiger partial charge in [-0.15, -0.1) is 0 Å². The molecule has 1 aliphatic rings. The monoisotopic (exact) mass is 966 g/mol. The van der Waals surface area contributed by atoms with Gasteiger partial charge in [0.05, 0.1) is 45.2 Å². The molecule has 0 aliphatic carbocycles. The van der Waals surface area contributed by atoms with Crippen LogP contribution in [-0.4, -0.2) is 84.7 Å². The van der Waals surface area contributed by atoms with Crippen LogP contribution in [0.5, 0.6) is 0 Å². The van der Waals surface area contributed by atoms with Crippen LogP contribution in [0.2, 0.25) is 0 Å². The van der Waals surface area contributed by atoms with Gasteiger partial charge in [-0.3, -0.25) is 4.79 Å². The van der Waals surface area contributed by atoms with Crippen LogP contribution in [0.25, 0.3) is 0 Å². The quantitative estimate of drug-likeness (QED) is 0.0474. The number of hydrogen-bond donors (Lipinski definition) is 3. The average Bonchev–Trinajstić information content (AvgIpc) is 3.40. The summed E-state index contributed by atoms with van der Waals surface area (Å²) < 4.78 is 51.6. The van der Waals surface area contributed by atoms with Gasteiger partial charge in [0.2, 0.25) is 5.91 Å². The zero-order valence-corrected chi connectivity index (χ0v) is 39.9. The first-order chi connectivity index (χ1) is 34.7. The van der Waals surface area contributed by atoms with E-state index in [4.69, 9.17) is 37.9 Å². The molecule has 71 heavy (non-hydrogen) atoms. The molecule has 3 N–H and O–H groups in total. The second-order valence-electron chi connectivity index (χ2n) is 17.2. The number of esters is 1. The minimum absolute atomic E-state index is 0.0360. The van der Waals surface area contributed by atoms with E-state index in [1.165, 1.54) is 6.92 Å². The number of aliphatic hydroxyl groups excluding tert-OH is 1. The van der Waals surface area contributed by atoms with Crippen LogP contribution >= 0.6 is 0 Å². The normalized spacial score (nSPS) is 19.3. The van der Waals surface area contributed by atoms with Crippen molar-refractivity contribution in [2.75, 3.05) is 6.61 Å². The Kier molecular flexibility index (Phi) is 20.2. The molecule has 6 aromatic carbocycles. The first kappa shape index (κ1) is 52.1. The summed E-state index contributed by atoms with van der Waals surface area (Å²) in [7, 11) is 0. The lowest BCUT2D eigenvalue weighted by Gasteiger charge is -2.46. The number of aliphatic hydroxyl groups is 1. The standard InChI is InChI=1S/C57H62N2O12/c1-40(60)49(55(62)68-37-46-29-17-7-18-30-46)58-54(61)50(59-57(63)69-38-47-31-19-8-20-32-47)41(2)70-56-53(67-36-45-27-15-6-16-28-45)52(66-35-44-25-13-5-14-26-44)51(65-34-43-23-11-4-12-24-43)48(71-56)39-64-33-42-21-9-3-10-22-42/h3-32,40-41,48-53,56,60H,33-39H2,1-2H3,(H,58,61)(H,59,63)/t40-,41-,48-,49+,50+,51+,52+,53-,56+/m1/s1. The van der Waals surface area contributed by atoms with Crippen molar-refractivity contribution in [2.24, 2.45) is 0 Å². The molecule has 372 valence electrons. The van der Waals surface area contributed by atoms with Gasteiger partial charge < -0.3 is 53.6 Å². The Morgan fingerprint density at radius 3 is 1.34 bits per heavy atom. The fourth-order valence-electron chi connectivity index (χ4n) is 7.87. The molecule has 0 radical (unpaired) electrons. The first-order valence-corrected chi connectivity index (χ1v) is 23.8. The summed E-state index contributed by atoms with van der Waals surface area (Å²) in [5.74, 6) is -1.77. The lowest BCUT2D eigenvalue weighted by molar-refractivity contribution is -0.336. The molecular formula is C57H62N2O12. The number of alkyl carbamates (subject to hydrolysis) is 1. The molecule has 1 fully saturated rings. The molecule has 7 rings (SSSR count). The summed E-state index contributed by atoms with van der Waals surface area (Å²) in [6, 6.07) is 53.7. The van der Waals surface area contributed by atoms with Gasteiger partial charge in [0, 0.05) is 0 Å². The van der Waals surface area contributed by atoms with Gasteiger partial charge in [-0.25, -0.2) is 9.59 Å². The molecule has 0 unspecified atom stereocenters. The second-order valence-corrected chi connectivity index (χ2v) is 17.2. The summed E-state index contributed by atoms with van der Waals surface area (Å²) in [5, 5.41) is 16.1. The third kappa shape index (κ3) is 16.4. The van der Waals surface area contributed by atoms with Crippen molar-refractivity contribution in [3.05, 3.63) is 215 Å². The van der Waals surface area contributed by atoms with Crippen LogP contribution in [0.1, 0.15) is 47.2 Å². The fourth-order valence-corrected chi connectivity index (χ4v) is 7.87. The van der Waals surface area contributed by atoms with Gasteiger partial charge in [-0.1, -0.05) is 182 Å². The van der Waals surface area contributed by atoms with Crippen molar-refractivity contribution in [2.45, 2.75) is 108 Å². The third-order valence-corrected chi connectivity index (χ3v) is 11.7. The zero-order chi connectivity index (χ0) is 49.6. The van der Waals surface area contributed by atoms with E-state index >= 15 is 0 Å². The molecule has 1 saturated heterocycles. The van der Waals surface area contributed by atoms with E-state index < -0.39 is 73.0 Å². The molecule has 0 aromatic heterocycles. The third-order valence-electron chi connectivity index (χ3n) is 11.7. The van der Waals surface area contributed by atoms with Crippen LogP contribution < -0.4 is 10.6 Å². The molecular weight excluding hydrogens is 905 g/mol. The smallest absolute Gasteiger partial charge is 0.408 e. The Morgan fingerprint density at radius 1 is 0.493 bits per heavy atom. The van der Waals surface area contributed by atoms with E-state index in [0.29, 0.717) is 11.1 Å². The zero-order valence-electron chi connectivity index (χ0n) is 39.9. The highest BCUT2D eigenvalue weighted by Gasteiger charge is 2.50. The van der Waals surface area contributed by atoms with Gasteiger partial charge >= 0.3 is 12.1 Å². The molecule has 0 bridgehead atoms. The number of carbonyl (C=O) groups excluding carboxylic acids is 3. The molecule has 2 amide bonds. The largest absolute Gasteiger partial charge is 0.459 e. The van der Waals surface area contributed by atoms with Crippen molar-refractivity contribution in [3.63, 3.8) is 0 Å². The molecule has 14 heteroatoms. The lowest BCUT2D eigenvalue weighted by Crippen LogP contribution is -2.64. The summed E-state index contributed by atoms with van der Waals surface area (Å²) in [6.45, 7) is 3.51. The molecule has 1 aliphatic heterocycles.